The lowest BCUT2D eigenvalue weighted by molar-refractivity contribution is -0.123. The smallest absolute Gasteiger partial charge is 0.242 e. The van der Waals surface area contributed by atoms with Crippen LogP contribution < -0.4 is 16.8 Å². The Bertz CT molecular complexity index is 1450. The Morgan fingerprint density at radius 1 is 0.476 bits per heavy atom. The molecule has 0 bridgehead atoms. The molecule has 0 saturated heterocycles. The molecular formula is C38H41N3O. The number of carbonyl (C=O) groups is 1. The number of rotatable bonds is 7. The van der Waals surface area contributed by atoms with Gasteiger partial charge < -0.3 is 16.8 Å². The summed E-state index contributed by atoms with van der Waals surface area (Å²) < 4.78 is 0. The monoisotopic (exact) mass is 555 g/mol. The van der Waals surface area contributed by atoms with E-state index in [0.29, 0.717) is 0 Å². The van der Waals surface area contributed by atoms with E-state index in [1.54, 1.807) is 0 Å². The number of hydrogen-bond donors (Lipinski definition) is 3. The van der Waals surface area contributed by atoms with Gasteiger partial charge in [-0.1, -0.05) is 150 Å². The quantitative estimate of drug-likeness (QED) is 0.194. The first-order valence-corrected chi connectivity index (χ1v) is 14.3. The van der Waals surface area contributed by atoms with Crippen molar-refractivity contribution in [1.82, 2.24) is 5.32 Å². The average Bonchev–Trinajstić information content (AvgIpc) is 3.01. The Balaban J connectivity index is 0.000000216. The number of aryl methyl sites for hydroxylation is 4. The van der Waals surface area contributed by atoms with Crippen molar-refractivity contribution in [2.45, 2.75) is 45.8 Å². The molecule has 0 fully saturated rings. The van der Waals surface area contributed by atoms with Gasteiger partial charge in [0.15, 0.2) is 0 Å². The van der Waals surface area contributed by atoms with Crippen molar-refractivity contribution in [1.29, 1.82) is 0 Å². The van der Waals surface area contributed by atoms with E-state index in [2.05, 4.69) is 106 Å². The summed E-state index contributed by atoms with van der Waals surface area (Å²) in [6.45, 7) is 8.27. The van der Waals surface area contributed by atoms with E-state index in [1.807, 2.05) is 54.6 Å². The molecule has 1 atom stereocenters. The van der Waals surface area contributed by atoms with Crippen LogP contribution in [0.5, 0.6) is 0 Å². The second kappa shape index (κ2) is 14.4. The van der Waals surface area contributed by atoms with Crippen LogP contribution in [-0.2, 0) is 4.79 Å². The second-order valence-electron chi connectivity index (χ2n) is 11.0. The molecule has 5 N–H and O–H groups in total. The summed E-state index contributed by atoms with van der Waals surface area (Å²) in [4.78, 5) is 12.8. The highest BCUT2D eigenvalue weighted by molar-refractivity contribution is 5.83. The topological polar surface area (TPSA) is 81.1 Å². The molecule has 0 aliphatic heterocycles. The van der Waals surface area contributed by atoms with Crippen LogP contribution in [0, 0.1) is 27.7 Å². The predicted octanol–water partition coefficient (Wildman–Crippen LogP) is 7.56. The Kier molecular flexibility index (Phi) is 10.4. The van der Waals surface area contributed by atoms with Crippen LogP contribution in [0.4, 0.5) is 0 Å². The molecule has 5 rings (SSSR count). The van der Waals surface area contributed by atoms with Crippen LogP contribution in [0.2, 0.25) is 0 Å². The third-order valence-corrected chi connectivity index (χ3v) is 7.42. The summed E-state index contributed by atoms with van der Waals surface area (Å²) in [6.07, 6.45) is 0. The van der Waals surface area contributed by atoms with Crippen LogP contribution in [0.3, 0.4) is 0 Å². The van der Waals surface area contributed by atoms with E-state index >= 15 is 0 Å². The third-order valence-electron chi connectivity index (χ3n) is 7.42. The zero-order valence-electron chi connectivity index (χ0n) is 24.9. The summed E-state index contributed by atoms with van der Waals surface area (Å²) >= 11 is 0. The first-order valence-electron chi connectivity index (χ1n) is 14.3. The van der Waals surface area contributed by atoms with Crippen molar-refractivity contribution in [3.8, 4) is 0 Å². The van der Waals surface area contributed by atoms with Crippen molar-refractivity contribution in [2.75, 3.05) is 0 Å². The van der Waals surface area contributed by atoms with Crippen LogP contribution in [0.25, 0.3) is 0 Å². The van der Waals surface area contributed by atoms with Gasteiger partial charge in [0.05, 0.1) is 12.1 Å². The minimum absolute atomic E-state index is 0.0267. The van der Waals surface area contributed by atoms with Crippen molar-refractivity contribution in [2.24, 2.45) is 11.5 Å². The Morgan fingerprint density at radius 3 is 1.17 bits per heavy atom. The van der Waals surface area contributed by atoms with E-state index in [4.69, 9.17) is 11.5 Å². The SMILES string of the molecule is Cc1ccc(C(N)c2ccc(C)cc2)cc1.Cc1ccc(C(NC(=O)C(N)c2ccccc2)c2ccc(C)cc2)cc1. The highest BCUT2D eigenvalue weighted by atomic mass is 16.2. The average molecular weight is 556 g/mol. The number of hydrogen-bond acceptors (Lipinski definition) is 3. The van der Waals surface area contributed by atoms with Gasteiger partial charge in [-0.2, -0.15) is 0 Å². The van der Waals surface area contributed by atoms with Gasteiger partial charge in [0, 0.05) is 0 Å². The van der Waals surface area contributed by atoms with E-state index in [9.17, 15) is 4.79 Å². The molecule has 1 amide bonds. The highest BCUT2D eigenvalue weighted by Crippen LogP contribution is 2.24. The number of carbonyl (C=O) groups excluding carboxylic acids is 1. The summed E-state index contributed by atoms with van der Waals surface area (Å²) in [6, 6.07) is 41.7. The molecule has 0 saturated carbocycles. The Labute approximate surface area is 250 Å². The lowest BCUT2D eigenvalue weighted by atomic mass is 9.96. The molecular weight excluding hydrogens is 514 g/mol. The fraction of sp³-hybridized carbons (Fsp3) is 0.184. The van der Waals surface area contributed by atoms with Gasteiger partial charge in [0.2, 0.25) is 5.91 Å². The van der Waals surface area contributed by atoms with Gasteiger partial charge in [-0.05, 0) is 55.5 Å². The minimum atomic E-state index is -0.699. The molecule has 42 heavy (non-hydrogen) atoms. The number of benzene rings is 5. The van der Waals surface area contributed by atoms with Crippen molar-refractivity contribution in [3.05, 3.63) is 177 Å². The summed E-state index contributed by atoms with van der Waals surface area (Å²) in [7, 11) is 0. The lowest BCUT2D eigenvalue weighted by Gasteiger charge is -2.22. The minimum Gasteiger partial charge on any atom is -0.344 e. The van der Waals surface area contributed by atoms with Crippen LogP contribution in [-0.4, -0.2) is 5.91 Å². The number of nitrogens with two attached hydrogens (primary N) is 2. The maximum atomic E-state index is 12.8. The first kappa shape index (κ1) is 30.4. The maximum absolute atomic E-state index is 12.8. The van der Waals surface area contributed by atoms with E-state index in [-0.39, 0.29) is 18.0 Å². The Hall–Kier alpha value is -4.51. The van der Waals surface area contributed by atoms with Crippen LogP contribution >= 0.6 is 0 Å². The van der Waals surface area contributed by atoms with Gasteiger partial charge in [0.1, 0.15) is 6.04 Å². The molecule has 0 heterocycles. The molecule has 4 nitrogen and oxygen atoms in total. The lowest BCUT2D eigenvalue weighted by Crippen LogP contribution is -2.37. The molecule has 214 valence electrons. The fourth-order valence-corrected chi connectivity index (χ4v) is 4.66. The molecule has 0 aliphatic carbocycles. The van der Waals surface area contributed by atoms with Gasteiger partial charge >= 0.3 is 0 Å². The normalized spacial score (nSPS) is 11.5. The van der Waals surface area contributed by atoms with Crippen molar-refractivity contribution < 1.29 is 4.79 Å². The predicted molar refractivity (Wildman–Crippen MR) is 174 cm³/mol. The maximum Gasteiger partial charge on any atom is 0.242 e. The molecule has 0 spiro atoms. The van der Waals surface area contributed by atoms with Crippen molar-refractivity contribution in [3.63, 3.8) is 0 Å². The molecule has 0 aliphatic rings. The highest BCUT2D eigenvalue weighted by Gasteiger charge is 2.22. The van der Waals surface area contributed by atoms with E-state index in [0.717, 1.165) is 27.8 Å². The fourth-order valence-electron chi connectivity index (χ4n) is 4.66. The van der Waals surface area contributed by atoms with Crippen LogP contribution in [0.15, 0.2) is 127 Å². The summed E-state index contributed by atoms with van der Waals surface area (Å²) in [5, 5.41) is 3.12. The molecule has 4 heteroatoms. The molecule has 5 aromatic carbocycles. The molecule has 1 unspecified atom stereocenters. The standard InChI is InChI=1S/C23H24N2O.C15H17N/c1-16-8-12-19(13-9-16)22(20-14-10-17(2)11-15-20)25-23(26)21(24)18-6-4-3-5-7-18;1-11-3-7-13(8-4-11)15(16)14-9-5-12(2)6-10-14/h3-15,21-22H,24H2,1-2H3,(H,25,26);3-10,15H,16H2,1-2H3. The zero-order valence-corrected chi connectivity index (χ0v) is 24.9. The number of amides is 1. The van der Waals surface area contributed by atoms with E-state index in [1.165, 1.54) is 22.3 Å². The first-order chi connectivity index (χ1) is 20.2. The third kappa shape index (κ3) is 8.26. The van der Waals surface area contributed by atoms with Crippen LogP contribution in [0.1, 0.15) is 68.2 Å². The zero-order chi connectivity index (χ0) is 30.1. The molecule has 0 radical (unpaired) electrons. The molecule has 0 aromatic heterocycles. The van der Waals surface area contributed by atoms with Gasteiger partial charge in [-0.15, -0.1) is 0 Å². The van der Waals surface area contributed by atoms with Gasteiger partial charge in [0.25, 0.3) is 0 Å². The largest absolute Gasteiger partial charge is 0.344 e. The van der Waals surface area contributed by atoms with Gasteiger partial charge in [-0.3, -0.25) is 4.79 Å². The summed E-state index contributed by atoms with van der Waals surface area (Å²) in [5.41, 5.74) is 22.5. The molecule has 5 aromatic rings. The van der Waals surface area contributed by atoms with Gasteiger partial charge in [-0.25, -0.2) is 0 Å². The Morgan fingerprint density at radius 2 is 0.810 bits per heavy atom. The van der Waals surface area contributed by atoms with E-state index < -0.39 is 6.04 Å². The second-order valence-corrected chi connectivity index (χ2v) is 11.0. The number of nitrogens with one attached hydrogen (secondary N) is 1. The summed E-state index contributed by atoms with van der Waals surface area (Å²) in [5.74, 6) is -0.192. The van der Waals surface area contributed by atoms with Crippen molar-refractivity contribution >= 4 is 5.91 Å².